The number of nitriles is 1. The van der Waals surface area contributed by atoms with Crippen molar-refractivity contribution >= 4 is 27.2 Å². The SMILES string of the molecule is CN1CCC[C@@H](Nc2nnc(-c3ccc(C#N)cc3O)c3ccsc23)C1. The number of hydrogen-bond acceptors (Lipinski definition) is 7. The average Bonchev–Trinajstić information content (AvgIpc) is 3.13. The number of aromatic hydroxyl groups is 1. The summed E-state index contributed by atoms with van der Waals surface area (Å²) < 4.78 is 1.03. The lowest BCUT2D eigenvalue weighted by Crippen LogP contribution is -2.39. The average molecular weight is 365 g/mol. The van der Waals surface area contributed by atoms with Crippen LogP contribution in [0.4, 0.5) is 5.82 Å². The molecule has 0 bridgehead atoms. The number of benzene rings is 1. The quantitative estimate of drug-likeness (QED) is 0.739. The summed E-state index contributed by atoms with van der Waals surface area (Å²) in [5.41, 5.74) is 1.64. The minimum absolute atomic E-state index is 0.0421. The Hall–Kier alpha value is -2.69. The summed E-state index contributed by atoms with van der Waals surface area (Å²) in [6, 6.07) is 9.25. The number of anilines is 1. The minimum atomic E-state index is 0.0421. The summed E-state index contributed by atoms with van der Waals surface area (Å²) in [6.45, 7) is 2.13. The van der Waals surface area contributed by atoms with Crippen LogP contribution < -0.4 is 5.32 Å². The molecule has 0 radical (unpaired) electrons. The van der Waals surface area contributed by atoms with Crippen LogP contribution >= 0.6 is 11.3 Å². The fraction of sp³-hybridized carbons (Fsp3) is 0.316. The Labute approximate surface area is 155 Å². The first kappa shape index (κ1) is 16.8. The summed E-state index contributed by atoms with van der Waals surface area (Å²) in [5.74, 6) is 0.840. The molecule has 1 aliphatic rings. The van der Waals surface area contributed by atoms with Crippen LogP contribution in [0.1, 0.15) is 18.4 Å². The maximum absolute atomic E-state index is 10.3. The molecule has 0 spiro atoms. The van der Waals surface area contributed by atoms with Crippen LogP contribution in [0.2, 0.25) is 0 Å². The lowest BCUT2D eigenvalue weighted by Gasteiger charge is -2.30. The van der Waals surface area contributed by atoms with Gasteiger partial charge in [-0.2, -0.15) is 5.26 Å². The van der Waals surface area contributed by atoms with Gasteiger partial charge >= 0.3 is 0 Å². The van der Waals surface area contributed by atoms with E-state index >= 15 is 0 Å². The first-order chi connectivity index (χ1) is 12.7. The lowest BCUT2D eigenvalue weighted by atomic mass is 10.0. The molecule has 0 saturated carbocycles. The zero-order valence-electron chi connectivity index (χ0n) is 14.4. The zero-order chi connectivity index (χ0) is 18.1. The Balaban J connectivity index is 1.71. The van der Waals surface area contributed by atoms with E-state index in [0.29, 0.717) is 22.9 Å². The van der Waals surface area contributed by atoms with E-state index in [1.165, 1.54) is 12.5 Å². The Morgan fingerprint density at radius 3 is 3.00 bits per heavy atom. The van der Waals surface area contributed by atoms with E-state index in [2.05, 4.69) is 27.5 Å². The largest absolute Gasteiger partial charge is 0.507 e. The molecule has 0 amide bonds. The van der Waals surface area contributed by atoms with E-state index in [0.717, 1.165) is 35.4 Å². The highest BCUT2D eigenvalue weighted by Gasteiger charge is 2.20. The molecule has 26 heavy (non-hydrogen) atoms. The van der Waals surface area contributed by atoms with E-state index in [4.69, 9.17) is 5.26 Å². The fourth-order valence-electron chi connectivity index (χ4n) is 3.45. The minimum Gasteiger partial charge on any atom is -0.507 e. The molecule has 1 fully saturated rings. The fourth-order valence-corrected chi connectivity index (χ4v) is 4.29. The molecule has 2 aromatic heterocycles. The number of phenols is 1. The molecule has 3 aromatic rings. The molecule has 7 heteroatoms. The first-order valence-electron chi connectivity index (χ1n) is 8.58. The van der Waals surface area contributed by atoms with Crippen LogP contribution in [0.15, 0.2) is 29.6 Å². The van der Waals surface area contributed by atoms with Crippen molar-refractivity contribution in [3.05, 3.63) is 35.2 Å². The summed E-state index contributed by atoms with van der Waals surface area (Å²) >= 11 is 1.61. The number of nitrogens with zero attached hydrogens (tertiary/aromatic N) is 4. The van der Waals surface area contributed by atoms with Crippen molar-refractivity contribution in [2.24, 2.45) is 0 Å². The van der Waals surface area contributed by atoms with Gasteiger partial charge in [-0.1, -0.05) is 0 Å². The number of nitrogens with one attached hydrogen (secondary N) is 1. The summed E-state index contributed by atoms with van der Waals surface area (Å²) in [6.07, 6.45) is 2.30. The molecule has 2 N–H and O–H groups in total. The number of aromatic nitrogens is 2. The van der Waals surface area contributed by atoms with Crippen molar-refractivity contribution in [1.82, 2.24) is 15.1 Å². The third-order valence-electron chi connectivity index (χ3n) is 4.73. The van der Waals surface area contributed by atoms with Crippen molar-refractivity contribution in [2.75, 3.05) is 25.5 Å². The molecular weight excluding hydrogens is 346 g/mol. The summed E-state index contributed by atoms with van der Waals surface area (Å²) in [5, 5.41) is 34.6. The highest BCUT2D eigenvalue weighted by molar-refractivity contribution is 7.17. The second-order valence-electron chi connectivity index (χ2n) is 6.65. The summed E-state index contributed by atoms with van der Waals surface area (Å²) in [7, 11) is 2.14. The van der Waals surface area contributed by atoms with Gasteiger partial charge in [-0.15, -0.1) is 21.5 Å². The van der Waals surface area contributed by atoms with Crippen LogP contribution in [0.5, 0.6) is 5.75 Å². The molecule has 0 aliphatic carbocycles. The number of thiophene rings is 1. The smallest absolute Gasteiger partial charge is 0.166 e. The van der Waals surface area contributed by atoms with Crippen molar-refractivity contribution < 1.29 is 5.11 Å². The highest BCUT2D eigenvalue weighted by atomic mass is 32.1. The number of phenolic OH excluding ortho intramolecular Hbond substituents is 1. The van der Waals surface area contributed by atoms with Gasteiger partial charge in [0, 0.05) is 23.5 Å². The molecule has 3 heterocycles. The third-order valence-corrected chi connectivity index (χ3v) is 5.65. The lowest BCUT2D eigenvalue weighted by molar-refractivity contribution is 0.261. The van der Waals surface area contributed by atoms with Crippen LogP contribution in [-0.2, 0) is 0 Å². The van der Waals surface area contributed by atoms with Gasteiger partial charge in [0.25, 0.3) is 0 Å². The van der Waals surface area contributed by atoms with Gasteiger partial charge in [0.05, 0.1) is 16.3 Å². The molecular formula is C19H19N5OS. The first-order valence-corrected chi connectivity index (χ1v) is 9.46. The standard InChI is InChI=1S/C19H19N5OS/c1-24-7-2-3-13(11-24)21-19-18-15(6-8-26-18)17(22-23-19)14-5-4-12(10-20)9-16(14)25/h4-6,8-9,13,25H,2-3,7,11H2,1H3,(H,21,23)/t13-/m1/s1. The van der Waals surface area contributed by atoms with E-state index in [1.54, 1.807) is 23.5 Å². The Kier molecular flexibility index (Phi) is 4.45. The van der Waals surface area contributed by atoms with Crippen molar-refractivity contribution in [3.63, 3.8) is 0 Å². The number of piperidine rings is 1. The molecule has 4 rings (SSSR count). The van der Waals surface area contributed by atoms with Crippen molar-refractivity contribution in [1.29, 1.82) is 5.26 Å². The van der Waals surface area contributed by atoms with Gasteiger partial charge in [-0.25, -0.2) is 0 Å². The highest BCUT2D eigenvalue weighted by Crippen LogP contribution is 2.37. The van der Waals surface area contributed by atoms with Crippen LogP contribution in [0, 0.1) is 11.3 Å². The van der Waals surface area contributed by atoms with Gasteiger partial charge in [0.1, 0.15) is 11.4 Å². The molecule has 1 aliphatic heterocycles. The number of fused-ring (bicyclic) bond motifs is 1. The van der Waals surface area contributed by atoms with E-state index in [-0.39, 0.29) is 5.75 Å². The van der Waals surface area contributed by atoms with Crippen molar-refractivity contribution in [2.45, 2.75) is 18.9 Å². The van der Waals surface area contributed by atoms with Gasteiger partial charge in [-0.3, -0.25) is 0 Å². The normalized spacial score (nSPS) is 17.9. The predicted octanol–water partition coefficient (Wildman–Crippen LogP) is 3.44. The molecule has 1 atom stereocenters. The molecule has 1 saturated heterocycles. The van der Waals surface area contributed by atoms with Gasteiger partial charge < -0.3 is 15.3 Å². The second kappa shape index (κ2) is 6.90. The van der Waals surface area contributed by atoms with E-state index in [1.807, 2.05) is 17.5 Å². The van der Waals surface area contributed by atoms with Gasteiger partial charge in [0.15, 0.2) is 5.82 Å². The second-order valence-corrected chi connectivity index (χ2v) is 7.57. The van der Waals surface area contributed by atoms with E-state index < -0.39 is 0 Å². The zero-order valence-corrected chi connectivity index (χ0v) is 15.3. The predicted molar refractivity (Wildman–Crippen MR) is 103 cm³/mol. The number of likely N-dealkylation sites (tertiary alicyclic amines) is 1. The maximum Gasteiger partial charge on any atom is 0.166 e. The molecule has 132 valence electrons. The molecule has 0 unspecified atom stereocenters. The Morgan fingerprint density at radius 1 is 1.35 bits per heavy atom. The van der Waals surface area contributed by atoms with Crippen LogP contribution in [0.3, 0.4) is 0 Å². The van der Waals surface area contributed by atoms with Crippen molar-refractivity contribution in [3.8, 4) is 23.1 Å². The van der Waals surface area contributed by atoms with Gasteiger partial charge in [-0.05, 0) is 56.1 Å². The van der Waals surface area contributed by atoms with Crippen LogP contribution in [-0.4, -0.2) is 46.4 Å². The van der Waals surface area contributed by atoms with E-state index in [9.17, 15) is 5.11 Å². The monoisotopic (exact) mass is 365 g/mol. The Bertz CT molecular complexity index is 993. The maximum atomic E-state index is 10.3. The number of likely N-dealkylation sites (N-methyl/N-ethyl adjacent to an activating group) is 1. The third kappa shape index (κ3) is 3.09. The summed E-state index contributed by atoms with van der Waals surface area (Å²) in [4.78, 5) is 2.32. The molecule has 1 aromatic carbocycles. The molecule has 6 nitrogen and oxygen atoms in total. The number of rotatable bonds is 3. The topological polar surface area (TPSA) is 85.1 Å². The van der Waals surface area contributed by atoms with Gasteiger partial charge in [0.2, 0.25) is 0 Å². The Morgan fingerprint density at radius 2 is 2.23 bits per heavy atom. The van der Waals surface area contributed by atoms with Crippen LogP contribution in [0.25, 0.3) is 21.3 Å². The number of hydrogen-bond donors (Lipinski definition) is 2.